The van der Waals surface area contributed by atoms with Gasteiger partial charge in [-0.2, -0.15) is 11.8 Å². The van der Waals surface area contributed by atoms with Gasteiger partial charge in [0.1, 0.15) is 17.7 Å². The van der Waals surface area contributed by atoms with E-state index < -0.39 is 47.2 Å². The number of hydrogen-bond acceptors (Lipinski definition) is 9. The third-order valence-electron chi connectivity index (χ3n) is 12.6. The average molecular weight is 984 g/mol. The summed E-state index contributed by atoms with van der Waals surface area (Å²) in [6.45, 7) is 9.86. The van der Waals surface area contributed by atoms with Crippen molar-refractivity contribution in [3.05, 3.63) is 108 Å². The van der Waals surface area contributed by atoms with Gasteiger partial charge < -0.3 is 47.1 Å². The number of thioether (sulfide) groups is 1. The molecule has 1 unspecified atom stereocenters. The van der Waals surface area contributed by atoms with E-state index in [1.165, 1.54) is 0 Å². The van der Waals surface area contributed by atoms with E-state index in [2.05, 4.69) is 37.2 Å². The summed E-state index contributed by atoms with van der Waals surface area (Å²) in [4.78, 5) is 81.3. The van der Waals surface area contributed by atoms with Gasteiger partial charge in [0.15, 0.2) is 5.54 Å². The molecule has 0 bridgehead atoms. The van der Waals surface area contributed by atoms with E-state index in [-0.39, 0.29) is 61.5 Å². The van der Waals surface area contributed by atoms with Gasteiger partial charge >= 0.3 is 12.1 Å². The number of benzene rings is 3. The number of aliphatic hydroxyl groups excluding tert-OH is 1. The lowest BCUT2D eigenvalue weighted by atomic mass is 9.81. The molecule has 2 saturated heterocycles. The summed E-state index contributed by atoms with van der Waals surface area (Å²) < 4.78 is 5.68. The number of amides is 7. The molecule has 8 N–H and O–H groups in total. The summed E-state index contributed by atoms with van der Waals surface area (Å²) in [5, 5.41) is 33.2. The van der Waals surface area contributed by atoms with Crippen LogP contribution in [0.5, 0.6) is 0 Å². The molecule has 2 aliphatic rings. The highest BCUT2D eigenvalue weighted by atomic mass is 32.2. The number of carbonyl (C=O) groups is 6. The van der Waals surface area contributed by atoms with E-state index in [1.807, 2.05) is 117 Å². The fraction of sp³-hybridized carbons (Fsp3) is 0.556. The predicted octanol–water partition coefficient (Wildman–Crippen LogP) is 6.26. The Hall–Kier alpha value is -5.61. The Kier molecular flexibility index (Phi) is 21.9. The monoisotopic (exact) mass is 984 g/mol. The zero-order valence-corrected chi connectivity index (χ0v) is 42.5. The molecular weight excluding hydrogens is 907 g/mol. The Labute approximate surface area is 419 Å². The first-order valence-corrected chi connectivity index (χ1v) is 26.2. The molecule has 2 heterocycles. The Morgan fingerprint density at radius 3 is 2.01 bits per heavy atom. The molecule has 7 amide bonds. The van der Waals surface area contributed by atoms with Crippen molar-refractivity contribution in [3.8, 4) is 0 Å². The molecule has 3 aromatic rings. The second-order valence-electron chi connectivity index (χ2n) is 20.1. The second-order valence-corrected chi connectivity index (χ2v) is 21.4. The standard InChI is InChI=1S/C54H77N7O8S/c1-37(2)33-41(58-50(66)54(35-40-25-14-8-15-26-40,61-52(68)69-53(3,4)5)45(62)29-20-27-38-21-10-6-11-22-38)49(65)57-42(34-39-23-12-7-13-24-39)48(64)56-32-19-9-18-31-55-46(63)30-17-16-28-44-47-43(36-70-44)59-51(67)60-47/h6-8,10-15,21-26,37,41-45,47,62H,9,16-20,27-36H2,1-5H3,(H,55,63)(H,56,64)(H,57,65)(H,58,66)(H,61,68)(H2,59,60,67)/t41-,42?,43-,44-,45+,47-,54-/m0/s1. The van der Waals surface area contributed by atoms with E-state index in [1.54, 1.807) is 20.8 Å². The van der Waals surface area contributed by atoms with Crippen molar-refractivity contribution in [2.75, 3.05) is 18.8 Å². The minimum Gasteiger partial charge on any atom is -0.444 e. The predicted molar refractivity (Wildman–Crippen MR) is 275 cm³/mol. The van der Waals surface area contributed by atoms with E-state index >= 15 is 4.79 Å². The fourth-order valence-corrected chi connectivity index (χ4v) is 10.5. The molecule has 0 saturated carbocycles. The van der Waals surface area contributed by atoms with Gasteiger partial charge in [-0.15, -0.1) is 0 Å². The molecule has 16 heteroatoms. The number of nitrogens with one attached hydrogen (secondary N) is 7. The molecule has 0 radical (unpaired) electrons. The summed E-state index contributed by atoms with van der Waals surface area (Å²) in [7, 11) is 0. The van der Waals surface area contributed by atoms with Crippen molar-refractivity contribution in [1.82, 2.24) is 37.2 Å². The van der Waals surface area contributed by atoms with Gasteiger partial charge in [0.25, 0.3) is 0 Å². The first kappa shape index (κ1) is 55.3. The summed E-state index contributed by atoms with van der Waals surface area (Å²) in [5.74, 6) is -0.857. The van der Waals surface area contributed by atoms with Crippen molar-refractivity contribution in [1.29, 1.82) is 0 Å². The normalized spacial score (nSPS) is 18.5. The summed E-state index contributed by atoms with van der Waals surface area (Å²) >= 11 is 1.88. The number of rotatable bonds is 28. The maximum Gasteiger partial charge on any atom is 0.408 e. The zero-order chi connectivity index (χ0) is 50.5. The van der Waals surface area contributed by atoms with Gasteiger partial charge in [0.2, 0.25) is 23.6 Å². The van der Waals surface area contributed by atoms with Gasteiger partial charge in [-0.1, -0.05) is 111 Å². The Morgan fingerprint density at radius 2 is 1.37 bits per heavy atom. The van der Waals surface area contributed by atoms with E-state index in [4.69, 9.17) is 4.74 Å². The van der Waals surface area contributed by atoms with Gasteiger partial charge in [-0.3, -0.25) is 19.2 Å². The average Bonchev–Trinajstić information content (AvgIpc) is 3.88. The number of unbranched alkanes of at least 4 members (excludes halogenated alkanes) is 3. The van der Waals surface area contributed by atoms with Gasteiger partial charge in [0.05, 0.1) is 18.2 Å². The molecule has 0 spiro atoms. The molecule has 2 fully saturated rings. The largest absolute Gasteiger partial charge is 0.444 e. The van der Waals surface area contributed by atoms with Crippen LogP contribution in [0.4, 0.5) is 9.59 Å². The van der Waals surface area contributed by atoms with Gasteiger partial charge in [-0.05, 0) is 101 Å². The SMILES string of the molecule is CC(C)C[C@H](NC(=O)[C@@](Cc1ccccc1)(NC(=O)OC(C)(C)C)[C@H](O)CCCc1ccccc1)C(=O)NC(Cc1ccccc1)C(=O)NCCCCCNC(=O)CCCC[C@@H]1SC[C@@H]2NC(=O)N[C@@H]21. The number of aliphatic hydroxyl groups is 1. The first-order chi connectivity index (χ1) is 33.5. The second kappa shape index (κ2) is 27.7. The zero-order valence-electron chi connectivity index (χ0n) is 41.7. The number of aryl methyl sites for hydroxylation is 1. The molecule has 0 aromatic heterocycles. The highest BCUT2D eigenvalue weighted by Crippen LogP contribution is 2.33. The molecule has 0 aliphatic carbocycles. The van der Waals surface area contributed by atoms with Crippen LogP contribution < -0.4 is 37.2 Å². The molecule has 5 rings (SSSR count). The maximum atomic E-state index is 15.0. The summed E-state index contributed by atoms with van der Waals surface area (Å²) in [5.41, 5.74) is -0.319. The number of carbonyl (C=O) groups excluding carboxylic acids is 6. The summed E-state index contributed by atoms with van der Waals surface area (Å²) in [6.07, 6.45) is 4.56. The van der Waals surface area contributed by atoms with Crippen LogP contribution in [0, 0.1) is 5.92 Å². The van der Waals surface area contributed by atoms with Crippen LogP contribution in [-0.4, -0.2) is 106 Å². The minimum absolute atomic E-state index is 0.0174. The van der Waals surface area contributed by atoms with Crippen molar-refractivity contribution in [2.24, 2.45) is 5.92 Å². The third-order valence-corrected chi connectivity index (χ3v) is 14.1. The van der Waals surface area contributed by atoms with Crippen LogP contribution in [0.15, 0.2) is 91.0 Å². The lowest BCUT2D eigenvalue weighted by molar-refractivity contribution is -0.138. The van der Waals surface area contributed by atoms with Crippen LogP contribution in [-0.2, 0) is 43.2 Å². The van der Waals surface area contributed by atoms with Gasteiger partial charge in [0, 0.05) is 43.4 Å². The van der Waals surface area contributed by atoms with Crippen LogP contribution >= 0.6 is 11.8 Å². The van der Waals surface area contributed by atoms with Crippen LogP contribution in [0.1, 0.15) is 116 Å². The molecule has 2 aliphatic heterocycles. The highest BCUT2D eigenvalue weighted by molar-refractivity contribution is 8.00. The topological polar surface area (TPSA) is 216 Å². The molecule has 382 valence electrons. The van der Waals surface area contributed by atoms with Crippen molar-refractivity contribution < 1.29 is 38.6 Å². The minimum atomic E-state index is -1.96. The van der Waals surface area contributed by atoms with Crippen molar-refractivity contribution >= 4 is 47.5 Å². The molecule has 15 nitrogen and oxygen atoms in total. The molecule has 3 aromatic carbocycles. The molecule has 70 heavy (non-hydrogen) atoms. The lowest BCUT2D eigenvalue weighted by Crippen LogP contribution is -2.69. The molecular formula is C54H77N7O8S. The fourth-order valence-electron chi connectivity index (χ4n) is 9.00. The Morgan fingerprint density at radius 1 is 0.743 bits per heavy atom. The lowest BCUT2D eigenvalue weighted by Gasteiger charge is -2.39. The number of fused-ring (bicyclic) bond motifs is 1. The van der Waals surface area contributed by atoms with Gasteiger partial charge in [-0.25, -0.2) is 9.59 Å². The van der Waals surface area contributed by atoms with E-state index in [0.29, 0.717) is 49.6 Å². The number of hydrogen-bond donors (Lipinski definition) is 8. The van der Waals surface area contributed by atoms with E-state index in [0.717, 1.165) is 49.0 Å². The number of alkyl carbamates (subject to hydrolysis) is 1. The summed E-state index contributed by atoms with van der Waals surface area (Å²) in [6, 6.07) is 26.4. The van der Waals surface area contributed by atoms with Crippen LogP contribution in [0.3, 0.4) is 0 Å². The number of urea groups is 1. The first-order valence-electron chi connectivity index (χ1n) is 25.2. The third kappa shape index (κ3) is 18.3. The Balaban J connectivity index is 1.20. The smallest absolute Gasteiger partial charge is 0.408 e. The molecule has 7 atom stereocenters. The quantitative estimate of drug-likeness (QED) is 0.0304. The Bertz CT molecular complexity index is 2130. The van der Waals surface area contributed by atoms with Crippen LogP contribution in [0.25, 0.3) is 0 Å². The maximum absolute atomic E-state index is 15.0. The number of ether oxygens (including phenoxy) is 1. The van der Waals surface area contributed by atoms with Crippen molar-refractivity contribution in [3.63, 3.8) is 0 Å². The highest BCUT2D eigenvalue weighted by Gasteiger charge is 2.49. The van der Waals surface area contributed by atoms with Crippen LogP contribution in [0.2, 0.25) is 0 Å². The van der Waals surface area contributed by atoms with E-state index in [9.17, 15) is 29.1 Å². The van der Waals surface area contributed by atoms with Crippen molar-refractivity contribution in [2.45, 2.75) is 165 Å².